The molecule has 0 unspecified atom stereocenters. The van der Waals surface area contributed by atoms with Crippen molar-refractivity contribution < 1.29 is 0 Å². The monoisotopic (exact) mass is 657 g/mol. The van der Waals surface area contributed by atoms with Gasteiger partial charge in [-0.05, 0) is 113 Å². The molecular formula is C45H43N3S. The second kappa shape index (κ2) is 17.7. The number of allylic oxidation sites excluding steroid dienone is 5. The zero-order valence-electron chi connectivity index (χ0n) is 29.3. The molecule has 0 radical (unpaired) electrons. The number of hydrogen-bond donors (Lipinski definition) is 0. The SMILES string of the molecule is C=C/C=C(\C=C/C)c1cc(-c2ccc(-c3cc(C)cc(CC)c3)cc2)cc(-c2cccc(-c3cc(SC#N)ccc3C#N)c2)n1.CC(C)C. The van der Waals surface area contributed by atoms with Crippen LogP contribution in [-0.2, 0) is 6.42 Å². The fourth-order valence-electron chi connectivity index (χ4n) is 5.44. The third kappa shape index (κ3) is 9.80. The Kier molecular flexibility index (Phi) is 13.1. The van der Waals surface area contributed by atoms with Gasteiger partial charge in [0.1, 0.15) is 5.40 Å². The Balaban J connectivity index is 0.00000128. The number of nitriles is 2. The zero-order chi connectivity index (χ0) is 35.3. The van der Waals surface area contributed by atoms with Crippen molar-refractivity contribution >= 4 is 17.3 Å². The van der Waals surface area contributed by atoms with E-state index in [9.17, 15) is 10.5 Å². The molecule has 0 saturated heterocycles. The third-order valence-corrected chi connectivity index (χ3v) is 8.19. The molecule has 0 aliphatic carbocycles. The van der Waals surface area contributed by atoms with Crippen LogP contribution in [0.5, 0.6) is 0 Å². The lowest BCUT2D eigenvalue weighted by Crippen LogP contribution is -1.94. The average molecular weight is 658 g/mol. The van der Waals surface area contributed by atoms with E-state index in [4.69, 9.17) is 4.98 Å². The molecule has 0 spiro atoms. The van der Waals surface area contributed by atoms with Gasteiger partial charge in [-0.3, -0.25) is 0 Å². The van der Waals surface area contributed by atoms with Crippen LogP contribution in [0.2, 0.25) is 0 Å². The van der Waals surface area contributed by atoms with Gasteiger partial charge in [-0.2, -0.15) is 10.5 Å². The molecule has 244 valence electrons. The Labute approximate surface area is 297 Å². The summed E-state index contributed by atoms with van der Waals surface area (Å²) in [5.74, 6) is 0.833. The summed E-state index contributed by atoms with van der Waals surface area (Å²) in [6, 6.07) is 35.6. The molecule has 49 heavy (non-hydrogen) atoms. The summed E-state index contributed by atoms with van der Waals surface area (Å²) in [4.78, 5) is 5.90. The number of hydrogen-bond acceptors (Lipinski definition) is 4. The van der Waals surface area contributed by atoms with Crippen molar-refractivity contribution in [3.05, 3.63) is 150 Å². The number of thiocyanates is 1. The molecule has 0 amide bonds. The van der Waals surface area contributed by atoms with E-state index in [1.807, 2.05) is 49.4 Å². The van der Waals surface area contributed by atoms with Gasteiger partial charge in [-0.25, -0.2) is 4.98 Å². The van der Waals surface area contributed by atoms with E-state index in [1.165, 1.54) is 22.3 Å². The lowest BCUT2D eigenvalue weighted by molar-refractivity contribution is 0.737. The van der Waals surface area contributed by atoms with Crippen molar-refractivity contribution in [1.29, 1.82) is 10.5 Å². The van der Waals surface area contributed by atoms with E-state index < -0.39 is 0 Å². The molecule has 5 rings (SSSR count). The maximum absolute atomic E-state index is 9.82. The summed E-state index contributed by atoms with van der Waals surface area (Å²) < 4.78 is 0. The summed E-state index contributed by atoms with van der Waals surface area (Å²) in [5, 5.41) is 21.1. The van der Waals surface area contributed by atoms with Gasteiger partial charge in [0.05, 0.1) is 23.0 Å². The van der Waals surface area contributed by atoms with Crippen LogP contribution in [0, 0.1) is 34.8 Å². The normalized spacial score (nSPS) is 11.1. The first-order chi connectivity index (χ1) is 23.7. The molecule has 5 aromatic rings. The van der Waals surface area contributed by atoms with Crippen LogP contribution in [0.25, 0.3) is 50.2 Å². The molecule has 0 saturated carbocycles. The first-order valence-corrected chi connectivity index (χ1v) is 17.4. The molecule has 3 nitrogen and oxygen atoms in total. The lowest BCUT2D eigenvalue weighted by Gasteiger charge is -2.13. The summed E-state index contributed by atoms with van der Waals surface area (Å²) in [5.41, 5.74) is 12.9. The van der Waals surface area contributed by atoms with Crippen LogP contribution < -0.4 is 0 Å². The Hall–Kier alpha value is -5.42. The molecule has 0 fully saturated rings. The second-order valence-electron chi connectivity index (χ2n) is 12.4. The quantitative estimate of drug-likeness (QED) is 0.0899. The fourth-order valence-corrected chi connectivity index (χ4v) is 5.85. The van der Waals surface area contributed by atoms with Crippen molar-refractivity contribution in [1.82, 2.24) is 4.98 Å². The standard InChI is InChI=1S/C41H33N3S.C4H10/c1-5-9-32(10-6-2)40-23-37(31-15-13-30(14-16-31)36-20-28(4)19-29(7-3)21-36)24-41(44-40)34-12-8-11-33(22-34)39-25-38(45-27-43)18-17-35(39)26-42;1-4(2)3/h5-6,8-25H,1,7H2,2-4H3;4H,1-3H3/b10-6-,32-9+;. The van der Waals surface area contributed by atoms with Crippen LogP contribution in [0.1, 0.15) is 57.0 Å². The van der Waals surface area contributed by atoms with Gasteiger partial charge in [0.2, 0.25) is 0 Å². The van der Waals surface area contributed by atoms with Gasteiger partial charge in [0.25, 0.3) is 0 Å². The van der Waals surface area contributed by atoms with Crippen molar-refractivity contribution in [2.24, 2.45) is 5.92 Å². The van der Waals surface area contributed by atoms with Gasteiger partial charge in [-0.15, -0.1) is 0 Å². The van der Waals surface area contributed by atoms with Crippen molar-refractivity contribution in [2.75, 3.05) is 0 Å². The highest BCUT2D eigenvalue weighted by Gasteiger charge is 2.13. The van der Waals surface area contributed by atoms with Crippen molar-refractivity contribution in [3.8, 4) is 56.1 Å². The Morgan fingerprint density at radius 3 is 2.10 bits per heavy atom. The topological polar surface area (TPSA) is 60.5 Å². The number of aryl methyl sites for hydroxylation is 2. The van der Waals surface area contributed by atoms with Crippen LogP contribution in [-0.4, -0.2) is 4.98 Å². The minimum Gasteiger partial charge on any atom is -0.248 e. The predicted molar refractivity (Wildman–Crippen MR) is 210 cm³/mol. The number of thioether (sulfide) groups is 1. The Bertz CT molecular complexity index is 2070. The number of nitrogens with zero attached hydrogens (tertiary/aromatic N) is 3. The van der Waals surface area contributed by atoms with Gasteiger partial charge in [0.15, 0.2) is 0 Å². The van der Waals surface area contributed by atoms with E-state index >= 15 is 0 Å². The summed E-state index contributed by atoms with van der Waals surface area (Å²) in [7, 11) is 0. The highest BCUT2D eigenvalue weighted by atomic mass is 32.2. The summed E-state index contributed by atoms with van der Waals surface area (Å²) in [6.07, 6.45) is 8.79. The molecule has 1 heterocycles. The van der Waals surface area contributed by atoms with E-state index in [2.05, 4.69) is 113 Å². The first kappa shape index (κ1) is 36.4. The van der Waals surface area contributed by atoms with E-state index in [0.717, 1.165) is 73.8 Å². The number of benzene rings is 4. The zero-order valence-corrected chi connectivity index (χ0v) is 30.1. The fraction of sp³-hybridized carbons (Fsp3) is 0.178. The average Bonchev–Trinajstić information content (AvgIpc) is 3.11. The molecule has 1 aromatic heterocycles. The second-order valence-corrected chi connectivity index (χ2v) is 13.3. The molecule has 4 aromatic carbocycles. The van der Waals surface area contributed by atoms with Gasteiger partial charge < -0.3 is 0 Å². The van der Waals surface area contributed by atoms with E-state index in [0.29, 0.717) is 5.56 Å². The van der Waals surface area contributed by atoms with Crippen LogP contribution >= 0.6 is 11.8 Å². The number of aromatic nitrogens is 1. The number of pyridine rings is 1. The van der Waals surface area contributed by atoms with Crippen LogP contribution in [0.15, 0.2) is 133 Å². The van der Waals surface area contributed by atoms with Gasteiger partial charge in [0, 0.05) is 16.0 Å². The highest BCUT2D eigenvalue weighted by Crippen LogP contribution is 2.34. The molecule has 0 aliphatic heterocycles. The predicted octanol–water partition coefficient (Wildman–Crippen LogP) is 12.9. The van der Waals surface area contributed by atoms with Gasteiger partial charge in [-0.1, -0.05) is 125 Å². The lowest BCUT2D eigenvalue weighted by atomic mass is 9.94. The minimum atomic E-state index is 0.556. The maximum Gasteiger partial charge on any atom is 0.138 e. The summed E-state index contributed by atoms with van der Waals surface area (Å²) in [6.45, 7) is 16.7. The van der Waals surface area contributed by atoms with E-state index in [1.54, 1.807) is 18.2 Å². The highest BCUT2D eigenvalue weighted by molar-refractivity contribution is 8.03. The minimum absolute atomic E-state index is 0.556. The third-order valence-electron chi connectivity index (χ3n) is 7.61. The summed E-state index contributed by atoms with van der Waals surface area (Å²) >= 11 is 1.08. The first-order valence-electron chi connectivity index (χ1n) is 16.6. The Morgan fingerprint density at radius 2 is 1.49 bits per heavy atom. The Morgan fingerprint density at radius 1 is 0.816 bits per heavy atom. The molecule has 0 bridgehead atoms. The van der Waals surface area contributed by atoms with Crippen molar-refractivity contribution in [2.45, 2.75) is 52.9 Å². The van der Waals surface area contributed by atoms with Crippen molar-refractivity contribution in [3.63, 3.8) is 0 Å². The largest absolute Gasteiger partial charge is 0.248 e. The maximum atomic E-state index is 9.82. The molecule has 0 N–H and O–H groups in total. The van der Waals surface area contributed by atoms with Gasteiger partial charge >= 0.3 is 0 Å². The molecular weight excluding hydrogens is 615 g/mol. The molecule has 4 heteroatoms. The number of rotatable bonds is 9. The smallest absolute Gasteiger partial charge is 0.138 e. The van der Waals surface area contributed by atoms with E-state index in [-0.39, 0.29) is 0 Å². The van der Waals surface area contributed by atoms with Crippen LogP contribution in [0.3, 0.4) is 0 Å². The van der Waals surface area contributed by atoms with Crippen LogP contribution in [0.4, 0.5) is 0 Å². The molecule has 0 aliphatic rings. The molecule has 0 atom stereocenters.